The van der Waals surface area contributed by atoms with Crippen LogP contribution in [0.4, 0.5) is 0 Å². The van der Waals surface area contributed by atoms with E-state index in [2.05, 4.69) is 16.0 Å². The number of nitrogens with two attached hydrogens (primary N) is 1. The van der Waals surface area contributed by atoms with Crippen LogP contribution in [0.1, 0.15) is 17.3 Å². The predicted octanol–water partition coefficient (Wildman–Crippen LogP) is 2.68. The number of fused-ring (bicyclic) bond motifs is 1. The Bertz CT molecular complexity index is 665. The van der Waals surface area contributed by atoms with E-state index in [-0.39, 0.29) is 6.04 Å². The van der Waals surface area contributed by atoms with Crippen LogP contribution in [-0.2, 0) is 0 Å². The quantitative estimate of drug-likeness (QED) is 0.743. The number of pyridine rings is 2. The van der Waals surface area contributed by atoms with E-state index in [1.807, 2.05) is 48.7 Å². The van der Waals surface area contributed by atoms with E-state index in [0.717, 1.165) is 22.2 Å². The summed E-state index contributed by atoms with van der Waals surface area (Å²) in [5.41, 5.74) is 9.02. The molecule has 2 heterocycles. The molecule has 0 aliphatic carbocycles. The van der Waals surface area contributed by atoms with Crippen molar-refractivity contribution in [1.82, 2.24) is 9.97 Å². The first-order valence-electron chi connectivity index (χ1n) is 5.86. The summed E-state index contributed by atoms with van der Waals surface area (Å²) in [5, 5.41) is 1.10. The van der Waals surface area contributed by atoms with Gasteiger partial charge in [0.1, 0.15) is 0 Å². The highest BCUT2D eigenvalue weighted by molar-refractivity contribution is 5.78. The van der Waals surface area contributed by atoms with Gasteiger partial charge in [-0.25, -0.2) is 0 Å². The maximum atomic E-state index is 6.20. The fourth-order valence-electron chi connectivity index (χ4n) is 1.99. The molecule has 0 saturated heterocycles. The molecule has 1 atom stereocenters. The van der Waals surface area contributed by atoms with Crippen molar-refractivity contribution >= 4 is 10.9 Å². The number of hydrogen-bond donors (Lipinski definition) is 1. The van der Waals surface area contributed by atoms with Gasteiger partial charge < -0.3 is 5.73 Å². The van der Waals surface area contributed by atoms with Crippen molar-refractivity contribution in [3.63, 3.8) is 0 Å². The molecule has 2 N–H and O–H groups in total. The zero-order valence-corrected chi connectivity index (χ0v) is 9.82. The molecular weight excluding hydrogens is 222 g/mol. The Hall–Kier alpha value is -2.26. The van der Waals surface area contributed by atoms with Crippen molar-refractivity contribution in [3.05, 3.63) is 72.2 Å². The number of aromatic nitrogens is 2. The first-order chi connectivity index (χ1) is 8.84. The van der Waals surface area contributed by atoms with E-state index in [9.17, 15) is 0 Å². The summed E-state index contributed by atoms with van der Waals surface area (Å²) in [5.74, 6) is 0. The maximum Gasteiger partial charge on any atom is 0.0741 e. The lowest BCUT2D eigenvalue weighted by molar-refractivity contribution is 0.825. The number of benzene rings is 1. The molecule has 1 unspecified atom stereocenters. The third-order valence-corrected chi connectivity index (χ3v) is 2.98. The van der Waals surface area contributed by atoms with E-state index < -0.39 is 0 Å². The fourth-order valence-corrected chi connectivity index (χ4v) is 1.99. The monoisotopic (exact) mass is 235 g/mol. The molecule has 0 bridgehead atoms. The minimum atomic E-state index is -0.233. The molecule has 1 aromatic carbocycles. The molecule has 0 aliphatic rings. The first kappa shape index (κ1) is 10.9. The van der Waals surface area contributed by atoms with E-state index in [0.29, 0.717) is 0 Å². The van der Waals surface area contributed by atoms with E-state index in [4.69, 9.17) is 5.73 Å². The van der Waals surface area contributed by atoms with Gasteiger partial charge in [0.2, 0.25) is 0 Å². The molecule has 3 aromatic rings. The van der Waals surface area contributed by atoms with Crippen LogP contribution in [0.5, 0.6) is 0 Å². The first-order valence-corrected chi connectivity index (χ1v) is 5.86. The van der Waals surface area contributed by atoms with Crippen molar-refractivity contribution in [3.8, 4) is 0 Å². The molecule has 0 saturated carbocycles. The molecule has 0 aliphatic heterocycles. The fraction of sp³-hybridized carbons (Fsp3) is 0.0667. The molecular formula is C15H13N3. The van der Waals surface area contributed by atoms with Crippen LogP contribution >= 0.6 is 0 Å². The van der Waals surface area contributed by atoms with Crippen molar-refractivity contribution < 1.29 is 0 Å². The molecule has 3 heteroatoms. The maximum absolute atomic E-state index is 6.20. The Kier molecular flexibility index (Phi) is 2.74. The number of para-hydroxylation sites is 1. The average molecular weight is 235 g/mol. The molecule has 3 nitrogen and oxygen atoms in total. The standard InChI is InChI=1S/C15H13N3/c16-15(14-7-3-4-8-17-14)12-9-11-5-1-2-6-13(11)18-10-12/h1-10,15H,16H2. The minimum Gasteiger partial charge on any atom is -0.319 e. The molecule has 0 fully saturated rings. The zero-order valence-electron chi connectivity index (χ0n) is 9.82. The highest BCUT2D eigenvalue weighted by Gasteiger charge is 2.10. The molecule has 2 aromatic heterocycles. The van der Waals surface area contributed by atoms with Crippen LogP contribution in [0, 0.1) is 0 Å². The molecule has 18 heavy (non-hydrogen) atoms. The summed E-state index contributed by atoms with van der Waals surface area (Å²) in [6.45, 7) is 0. The van der Waals surface area contributed by atoms with E-state index >= 15 is 0 Å². The van der Waals surface area contributed by atoms with Crippen LogP contribution in [-0.4, -0.2) is 9.97 Å². The van der Waals surface area contributed by atoms with Gasteiger partial charge in [0.15, 0.2) is 0 Å². The second-order valence-corrected chi connectivity index (χ2v) is 4.19. The Morgan fingerprint density at radius 1 is 0.944 bits per heavy atom. The number of rotatable bonds is 2. The van der Waals surface area contributed by atoms with Crippen molar-refractivity contribution in [1.29, 1.82) is 0 Å². The summed E-state index contributed by atoms with van der Waals surface area (Å²) in [6, 6.07) is 15.6. The Morgan fingerprint density at radius 3 is 2.61 bits per heavy atom. The minimum absolute atomic E-state index is 0.233. The van der Waals surface area contributed by atoms with Crippen LogP contribution in [0.3, 0.4) is 0 Å². The highest BCUT2D eigenvalue weighted by atomic mass is 14.8. The second-order valence-electron chi connectivity index (χ2n) is 4.19. The van der Waals surface area contributed by atoms with Crippen LogP contribution < -0.4 is 5.73 Å². The van der Waals surface area contributed by atoms with Gasteiger partial charge in [-0.2, -0.15) is 0 Å². The Labute approximate surface area is 105 Å². The van der Waals surface area contributed by atoms with E-state index in [1.165, 1.54) is 0 Å². The zero-order chi connectivity index (χ0) is 12.4. The van der Waals surface area contributed by atoms with Gasteiger partial charge in [-0.15, -0.1) is 0 Å². The van der Waals surface area contributed by atoms with Gasteiger partial charge >= 0.3 is 0 Å². The second kappa shape index (κ2) is 4.55. The van der Waals surface area contributed by atoms with Crippen LogP contribution in [0.25, 0.3) is 10.9 Å². The third kappa shape index (κ3) is 1.96. The Morgan fingerprint density at radius 2 is 1.78 bits per heavy atom. The van der Waals surface area contributed by atoms with Gasteiger partial charge in [-0.05, 0) is 29.8 Å². The Balaban J connectivity index is 2.04. The van der Waals surface area contributed by atoms with Gasteiger partial charge in [-0.3, -0.25) is 9.97 Å². The molecule has 0 spiro atoms. The highest BCUT2D eigenvalue weighted by Crippen LogP contribution is 2.20. The lowest BCUT2D eigenvalue weighted by Gasteiger charge is -2.11. The summed E-state index contributed by atoms with van der Waals surface area (Å²) < 4.78 is 0. The molecule has 88 valence electrons. The smallest absolute Gasteiger partial charge is 0.0741 e. The summed E-state index contributed by atoms with van der Waals surface area (Å²) >= 11 is 0. The average Bonchev–Trinajstić information content (AvgIpc) is 2.47. The molecule has 0 radical (unpaired) electrons. The van der Waals surface area contributed by atoms with Gasteiger partial charge in [-0.1, -0.05) is 24.3 Å². The van der Waals surface area contributed by atoms with Crippen LogP contribution in [0.2, 0.25) is 0 Å². The van der Waals surface area contributed by atoms with E-state index in [1.54, 1.807) is 6.20 Å². The summed E-state index contributed by atoms with van der Waals surface area (Å²) in [6.07, 6.45) is 3.57. The molecule has 0 amide bonds. The SMILES string of the molecule is NC(c1cnc2ccccc2c1)c1ccccn1. The predicted molar refractivity (Wildman–Crippen MR) is 72.0 cm³/mol. The number of hydrogen-bond acceptors (Lipinski definition) is 3. The van der Waals surface area contributed by atoms with Gasteiger partial charge in [0.25, 0.3) is 0 Å². The summed E-state index contributed by atoms with van der Waals surface area (Å²) in [4.78, 5) is 8.70. The van der Waals surface area contributed by atoms with Crippen molar-refractivity contribution in [2.24, 2.45) is 5.73 Å². The van der Waals surface area contributed by atoms with Gasteiger partial charge in [0, 0.05) is 17.8 Å². The molecule has 3 rings (SSSR count). The van der Waals surface area contributed by atoms with Crippen LogP contribution in [0.15, 0.2) is 60.9 Å². The lowest BCUT2D eigenvalue weighted by atomic mass is 10.0. The summed E-state index contributed by atoms with van der Waals surface area (Å²) in [7, 11) is 0. The lowest BCUT2D eigenvalue weighted by Crippen LogP contribution is -2.13. The van der Waals surface area contributed by atoms with Gasteiger partial charge in [0.05, 0.1) is 17.3 Å². The van der Waals surface area contributed by atoms with Crippen molar-refractivity contribution in [2.45, 2.75) is 6.04 Å². The largest absolute Gasteiger partial charge is 0.319 e. The third-order valence-electron chi connectivity index (χ3n) is 2.98. The topological polar surface area (TPSA) is 51.8 Å². The van der Waals surface area contributed by atoms with Crippen molar-refractivity contribution in [2.75, 3.05) is 0 Å². The normalized spacial score (nSPS) is 12.5. The number of nitrogens with zero attached hydrogens (tertiary/aromatic N) is 2.